The van der Waals surface area contributed by atoms with Crippen LogP contribution in [0, 0.1) is 0 Å². The topological polar surface area (TPSA) is 71.1 Å². The molecule has 26 heavy (non-hydrogen) atoms. The van der Waals surface area contributed by atoms with E-state index < -0.39 is 5.54 Å². The monoisotopic (exact) mass is 359 g/mol. The third-order valence-corrected chi connectivity index (χ3v) is 5.27. The second kappa shape index (κ2) is 6.46. The zero-order chi connectivity index (χ0) is 18.3. The van der Waals surface area contributed by atoms with Crippen molar-refractivity contribution in [1.29, 1.82) is 0 Å². The molecule has 1 N–H and O–H groups in total. The van der Waals surface area contributed by atoms with Gasteiger partial charge in [-0.15, -0.1) is 0 Å². The molecule has 0 radical (unpaired) electrons. The molecule has 2 fully saturated rings. The van der Waals surface area contributed by atoms with Gasteiger partial charge in [-0.2, -0.15) is 0 Å². The van der Waals surface area contributed by atoms with E-state index in [4.69, 9.17) is 9.47 Å². The highest BCUT2D eigenvalue weighted by Gasteiger charge is 2.48. The van der Waals surface area contributed by atoms with Gasteiger partial charge in [0.25, 0.3) is 5.91 Å². The average Bonchev–Trinajstić information content (AvgIpc) is 2.82. The fourth-order valence-corrected chi connectivity index (χ4v) is 3.95. The average molecular weight is 359 g/mol. The summed E-state index contributed by atoms with van der Waals surface area (Å²) >= 11 is 0. The molecule has 1 aromatic carbocycles. The lowest BCUT2D eigenvalue weighted by atomic mass is 10.0. The molecule has 7 nitrogen and oxygen atoms in total. The van der Waals surface area contributed by atoms with Crippen LogP contribution < -0.4 is 14.8 Å². The minimum Gasteiger partial charge on any atom is -0.486 e. The molecule has 0 spiro atoms. The van der Waals surface area contributed by atoms with Gasteiger partial charge < -0.3 is 14.8 Å². The molecule has 0 bridgehead atoms. The number of fused-ring (bicyclic) bond motifs is 1. The Bertz CT molecular complexity index is 720. The molecule has 2 atom stereocenters. The third kappa shape index (κ3) is 3.11. The number of urea groups is 1. The second-order valence-electron chi connectivity index (χ2n) is 7.78. The number of hydrogen-bond donors (Lipinski definition) is 1. The molecule has 3 aliphatic rings. The second-order valence-corrected chi connectivity index (χ2v) is 7.78. The Kier molecular flexibility index (Phi) is 4.26. The van der Waals surface area contributed by atoms with Gasteiger partial charge in [-0.05, 0) is 45.4 Å². The van der Waals surface area contributed by atoms with Crippen LogP contribution in [-0.4, -0.2) is 65.7 Å². The molecule has 0 aromatic heterocycles. The van der Waals surface area contributed by atoms with E-state index in [9.17, 15) is 9.59 Å². The number of para-hydroxylation sites is 2. The Morgan fingerprint density at radius 1 is 1.23 bits per heavy atom. The van der Waals surface area contributed by atoms with Crippen molar-refractivity contribution >= 4 is 11.9 Å². The maximum absolute atomic E-state index is 12.6. The first-order valence-electron chi connectivity index (χ1n) is 9.21. The normalized spacial score (nSPS) is 28.2. The number of amides is 3. The van der Waals surface area contributed by atoms with Gasteiger partial charge in [0.05, 0.1) is 6.04 Å². The summed E-state index contributed by atoms with van der Waals surface area (Å²) in [6, 6.07) is 7.31. The van der Waals surface area contributed by atoms with E-state index in [0.29, 0.717) is 13.2 Å². The molecule has 3 amide bonds. The first-order chi connectivity index (χ1) is 12.4. The van der Waals surface area contributed by atoms with Gasteiger partial charge in [0.1, 0.15) is 18.2 Å². The zero-order valence-corrected chi connectivity index (χ0v) is 15.2. The maximum atomic E-state index is 12.6. The molecule has 3 heterocycles. The van der Waals surface area contributed by atoms with Gasteiger partial charge >= 0.3 is 6.03 Å². The summed E-state index contributed by atoms with van der Waals surface area (Å²) in [7, 11) is 0. The largest absolute Gasteiger partial charge is 0.486 e. The van der Waals surface area contributed by atoms with E-state index in [1.54, 1.807) is 13.8 Å². The number of carbonyl (C=O) groups is 2. The molecule has 4 rings (SSSR count). The molecule has 7 heteroatoms. The number of carbonyl (C=O) groups excluding carboxylic acids is 2. The van der Waals surface area contributed by atoms with Crippen LogP contribution in [0.15, 0.2) is 24.3 Å². The summed E-state index contributed by atoms with van der Waals surface area (Å²) in [5.41, 5.74) is -0.816. The fraction of sp³-hybridized carbons (Fsp3) is 0.579. The predicted molar refractivity (Wildman–Crippen MR) is 95.3 cm³/mol. The SMILES string of the molecule is CC1(C)NC(=O)N([C@H]2CCCN(C[C@H]3COc4ccccc4O3)C2)C1=O. The molecular weight excluding hydrogens is 334 g/mol. The molecule has 0 unspecified atom stereocenters. The minimum atomic E-state index is -0.816. The van der Waals surface area contributed by atoms with Crippen LogP contribution in [0.3, 0.4) is 0 Å². The lowest BCUT2D eigenvalue weighted by Gasteiger charge is -2.38. The Morgan fingerprint density at radius 3 is 2.73 bits per heavy atom. The van der Waals surface area contributed by atoms with Crippen molar-refractivity contribution in [3.63, 3.8) is 0 Å². The minimum absolute atomic E-state index is 0.0526. The van der Waals surface area contributed by atoms with Crippen LogP contribution in [0.5, 0.6) is 11.5 Å². The highest BCUT2D eigenvalue weighted by atomic mass is 16.6. The van der Waals surface area contributed by atoms with Crippen LogP contribution in [-0.2, 0) is 4.79 Å². The Labute approximate surface area is 153 Å². The third-order valence-electron chi connectivity index (χ3n) is 5.27. The van der Waals surface area contributed by atoms with Crippen molar-refractivity contribution in [2.75, 3.05) is 26.2 Å². The van der Waals surface area contributed by atoms with Crippen molar-refractivity contribution in [2.24, 2.45) is 0 Å². The number of rotatable bonds is 3. The van der Waals surface area contributed by atoms with E-state index in [2.05, 4.69) is 10.2 Å². The van der Waals surface area contributed by atoms with E-state index in [1.807, 2.05) is 24.3 Å². The summed E-state index contributed by atoms with van der Waals surface area (Å²) in [5, 5.41) is 2.77. The zero-order valence-electron chi connectivity index (χ0n) is 15.2. The molecule has 0 saturated carbocycles. The molecule has 0 aliphatic carbocycles. The predicted octanol–water partition coefficient (Wildman–Crippen LogP) is 1.62. The molecule has 140 valence electrons. The van der Waals surface area contributed by atoms with Gasteiger partial charge in [0, 0.05) is 13.1 Å². The number of benzene rings is 1. The quantitative estimate of drug-likeness (QED) is 0.831. The number of nitrogens with one attached hydrogen (secondary N) is 1. The summed E-state index contributed by atoms with van der Waals surface area (Å²) in [6.45, 7) is 6.34. The van der Waals surface area contributed by atoms with Crippen molar-refractivity contribution in [3.8, 4) is 11.5 Å². The van der Waals surface area contributed by atoms with Gasteiger partial charge in [0.15, 0.2) is 11.5 Å². The Morgan fingerprint density at radius 2 is 2.00 bits per heavy atom. The van der Waals surface area contributed by atoms with Crippen LogP contribution in [0.1, 0.15) is 26.7 Å². The van der Waals surface area contributed by atoms with Gasteiger partial charge in [0.2, 0.25) is 0 Å². The number of nitrogens with zero attached hydrogens (tertiary/aromatic N) is 2. The highest BCUT2D eigenvalue weighted by Crippen LogP contribution is 2.31. The van der Waals surface area contributed by atoms with Gasteiger partial charge in [-0.3, -0.25) is 14.6 Å². The van der Waals surface area contributed by atoms with Crippen molar-refractivity contribution in [1.82, 2.24) is 15.1 Å². The van der Waals surface area contributed by atoms with Crippen LogP contribution in [0.4, 0.5) is 4.79 Å². The summed E-state index contributed by atoms with van der Waals surface area (Å²) in [6.07, 6.45) is 1.74. The molecule has 3 aliphatic heterocycles. The van der Waals surface area contributed by atoms with Crippen molar-refractivity contribution in [2.45, 2.75) is 44.4 Å². The number of likely N-dealkylation sites (tertiary alicyclic amines) is 1. The lowest BCUT2D eigenvalue weighted by Crippen LogP contribution is -2.53. The van der Waals surface area contributed by atoms with Crippen LogP contribution >= 0.6 is 0 Å². The summed E-state index contributed by atoms with van der Waals surface area (Å²) < 4.78 is 11.8. The smallest absolute Gasteiger partial charge is 0.325 e. The van der Waals surface area contributed by atoms with Crippen LogP contribution in [0.2, 0.25) is 0 Å². The summed E-state index contributed by atoms with van der Waals surface area (Å²) in [5.74, 6) is 1.41. The number of ether oxygens (including phenoxy) is 2. The van der Waals surface area contributed by atoms with E-state index in [-0.39, 0.29) is 24.1 Å². The molecule has 1 aromatic rings. The Hall–Kier alpha value is -2.28. The van der Waals surface area contributed by atoms with Gasteiger partial charge in [-0.25, -0.2) is 4.79 Å². The van der Waals surface area contributed by atoms with E-state index >= 15 is 0 Å². The van der Waals surface area contributed by atoms with E-state index in [0.717, 1.165) is 37.4 Å². The number of piperidine rings is 1. The Balaban J connectivity index is 1.39. The maximum Gasteiger partial charge on any atom is 0.325 e. The molecular formula is C19H25N3O4. The number of hydrogen-bond acceptors (Lipinski definition) is 5. The van der Waals surface area contributed by atoms with Crippen molar-refractivity contribution < 1.29 is 19.1 Å². The fourth-order valence-electron chi connectivity index (χ4n) is 3.95. The first kappa shape index (κ1) is 17.1. The highest BCUT2D eigenvalue weighted by molar-refractivity contribution is 6.06. The van der Waals surface area contributed by atoms with E-state index in [1.165, 1.54) is 4.90 Å². The van der Waals surface area contributed by atoms with Crippen molar-refractivity contribution in [3.05, 3.63) is 24.3 Å². The van der Waals surface area contributed by atoms with Crippen LogP contribution in [0.25, 0.3) is 0 Å². The number of imide groups is 1. The molecule has 2 saturated heterocycles. The first-order valence-corrected chi connectivity index (χ1v) is 9.21. The standard InChI is InChI=1S/C19H25N3O4/c1-19(2)17(23)22(18(24)20-19)13-6-5-9-21(10-13)11-14-12-25-15-7-3-4-8-16(15)26-14/h3-4,7-8,13-14H,5-6,9-12H2,1-2H3,(H,20,24)/t13-,14-/m0/s1. The summed E-state index contributed by atoms with van der Waals surface area (Å²) in [4.78, 5) is 28.5. The van der Waals surface area contributed by atoms with Gasteiger partial charge in [-0.1, -0.05) is 12.1 Å². The lowest BCUT2D eigenvalue weighted by molar-refractivity contribution is -0.132.